The van der Waals surface area contributed by atoms with Gasteiger partial charge in [0.1, 0.15) is 0 Å². The highest BCUT2D eigenvalue weighted by Gasteiger charge is 2.18. The molecule has 2 aromatic heterocycles. The first kappa shape index (κ1) is 12.9. The van der Waals surface area contributed by atoms with Crippen molar-refractivity contribution in [3.63, 3.8) is 0 Å². The predicted molar refractivity (Wildman–Crippen MR) is 73.6 cm³/mol. The Labute approximate surface area is 119 Å². The van der Waals surface area contributed by atoms with E-state index in [1.165, 1.54) is 19.3 Å². The number of halogens is 1. The minimum absolute atomic E-state index is 0.521. The van der Waals surface area contributed by atoms with Crippen LogP contribution in [-0.4, -0.2) is 23.2 Å². The van der Waals surface area contributed by atoms with Crippen molar-refractivity contribution >= 4 is 15.9 Å². The summed E-state index contributed by atoms with van der Waals surface area (Å²) in [4.78, 5) is 4.41. The maximum absolute atomic E-state index is 5.41. The van der Waals surface area contributed by atoms with Gasteiger partial charge in [-0.1, -0.05) is 5.16 Å². The molecule has 1 atom stereocenters. The maximum atomic E-state index is 5.41. The van der Waals surface area contributed by atoms with Crippen LogP contribution in [0.5, 0.6) is 0 Å². The van der Waals surface area contributed by atoms with E-state index in [0.29, 0.717) is 28.1 Å². The molecule has 6 heteroatoms. The Kier molecular flexibility index (Phi) is 3.98. The van der Waals surface area contributed by atoms with Crippen molar-refractivity contribution in [1.82, 2.24) is 15.5 Å². The minimum Gasteiger partial charge on any atom is -0.446 e. The molecule has 1 N–H and O–H groups in total. The van der Waals surface area contributed by atoms with E-state index in [2.05, 4.69) is 31.4 Å². The molecule has 0 saturated carbocycles. The van der Waals surface area contributed by atoms with Crippen molar-refractivity contribution in [3.05, 3.63) is 22.7 Å². The fraction of sp³-hybridized carbons (Fsp3) is 0.538. The molecule has 1 fully saturated rings. The second-order valence-electron chi connectivity index (χ2n) is 4.87. The standard InChI is InChI=1S/C13H16BrN3O2/c14-11-4-3-10(18-11)13-16-12(19-17-13)8-9-2-1-6-15-7-5-9/h3-4,9,15H,1-2,5-8H2. The molecule has 1 aliphatic rings. The molecular formula is C13H16BrN3O2. The van der Waals surface area contributed by atoms with Crippen LogP contribution >= 0.6 is 15.9 Å². The van der Waals surface area contributed by atoms with Gasteiger partial charge >= 0.3 is 0 Å². The number of hydrogen-bond acceptors (Lipinski definition) is 5. The first-order valence-electron chi connectivity index (χ1n) is 6.60. The third-order valence-corrected chi connectivity index (χ3v) is 3.85. The second kappa shape index (κ2) is 5.88. The van der Waals surface area contributed by atoms with Crippen LogP contribution in [0.15, 0.2) is 25.7 Å². The first-order valence-corrected chi connectivity index (χ1v) is 7.39. The van der Waals surface area contributed by atoms with Crippen molar-refractivity contribution in [2.45, 2.75) is 25.7 Å². The Hall–Kier alpha value is -1.14. The summed E-state index contributed by atoms with van der Waals surface area (Å²) >= 11 is 3.26. The van der Waals surface area contributed by atoms with Crippen LogP contribution in [-0.2, 0) is 6.42 Å². The summed E-state index contributed by atoms with van der Waals surface area (Å²) in [5.41, 5.74) is 0. The van der Waals surface area contributed by atoms with Crippen molar-refractivity contribution in [1.29, 1.82) is 0 Å². The van der Waals surface area contributed by atoms with Gasteiger partial charge in [-0.15, -0.1) is 0 Å². The van der Waals surface area contributed by atoms with Gasteiger partial charge in [-0.05, 0) is 66.3 Å². The van der Waals surface area contributed by atoms with Crippen LogP contribution in [0.1, 0.15) is 25.2 Å². The topological polar surface area (TPSA) is 64.1 Å². The molecule has 19 heavy (non-hydrogen) atoms. The largest absolute Gasteiger partial charge is 0.446 e. The lowest BCUT2D eigenvalue weighted by Crippen LogP contribution is -2.14. The summed E-state index contributed by atoms with van der Waals surface area (Å²) < 4.78 is 11.4. The third-order valence-electron chi connectivity index (χ3n) is 3.42. The highest BCUT2D eigenvalue weighted by molar-refractivity contribution is 9.10. The Morgan fingerprint density at radius 1 is 1.32 bits per heavy atom. The normalized spacial score (nSPS) is 20.4. The zero-order valence-corrected chi connectivity index (χ0v) is 12.1. The van der Waals surface area contributed by atoms with Crippen molar-refractivity contribution in [3.8, 4) is 11.6 Å². The van der Waals surface area contributed by atoms with E-state index in [9.17, 15) is 0 Å². The Bertz CT molecular complexity index is 529. The van der Waals surface area contributed by atoms with E-state index in [0.717, 1.165) is 19.5 Å². The van der Waals surface area contributed by atoms with E-state index < -0.39 is 0 Å². The van der Waals surface area contributed by atoms with Gasteiger partial charge in [0.2, 0.25) is 11.7 Å². The lowest BCUT2D eigenvalue weighted by atomic mass is 9.97. The number of nitrogens with zero attached hydrogens (tertiary/aromatic N) is 2. The van der Waals surface area contributed by atoms with Crippen LogP contribution in [0, 0.1) is 5.92 Å². The summed E-state index contributed by atoms with van der Waals surface area (Å²) in [7, 11) is 0. The van der Waals surface area contributed by atoms with E-state index in [1.807, 2.05) is 12.1 Å². The summed E-state index contributed by atoms with van der Waals surface area (Å²) in [6.07, 6.45) is 4.47. The van der Waals surface area contributed by atoms with Gasteiger partial charge in [0.15, 0.2) is 10.4 Å². The molecule has 1 saturated heterocycles. The zero-order valence-electron chi connectivity index (χ0n) is 10.6. The quantitative estimate of drug-likeness (QED) is 0.939. The number of nitrogens with one attached hydrogen (secondary N) is 1. The van der Waals surface area contributed by atoms with Gasteiger partial charge in [-0.2, -0.15) is 4.98 Å². The lowest BCUT2D eigenvalue weighted by Gasteiger charge is -2.09. The molecule has 0 bridgehead atoms. The van der Waals surface area contributed by atoms with Crippen molar-refractivity contribution in [2.24, 2.45) is 5.92 Å². The highest BCUT2D eigenvalue weighted by atomic mass is 79.9. The monoisotopic (exact) mass is 325 g/mol. The molecule has 2 aromatic rings. The smallest absolute Gasteiger partial charge is 0.238 e. The van der Waals surface area contributed by atoms with Crippen LogP contribution in [0.25, 0.3) is 11.6 Å². The van der Waals surface area contributed by atoms with Gasteiger partial charge < -0.3 is 14.3 Å². The Morgan fingerprint density at radius 2 is 2.26 bits per heavy atom. The molecule has 0 aromatic carbocycles. The van der Waals surface area contributed by atoms with Crippen LogP contribution < -0.4 is 5.32 Å². The SMILES string of the molecule is Brc1ccc(-c2noc(CC3CCCNCC3)n2)o1. The fourth-order valence-electron chi connectivity index (χ4n) is 2.41. The molecule has 0 aliphatic carbocycles. The predicted octanol–water partition coefficient (Wildman–Crippen LogP) is 3.02. The van der Waals surface area contributed by atoms with Crippen LogP contribution in [0.3, 0.4) is 0 Å². The molecule has 102 valence electrons. The van der Waals surface area contributed by atoms with E-state index in [-0.39, 0.29) is 0 Å². The number of hydrogen-bond donors (Lipinski definition) is 1. The van der Waals surface area contributed by atoms with Crippen molar-refractivity contribution < 1.29 is 8.94 Å². The summed E-state index contributed by atoms with van der Waals surface area (Å²) in [6, 6.07) is 3.65. The highest BCUT2D eigenvalue weighted by Crippen LogP contribution is 2.24. The Morgan fingerprint density at radius 3 is 3.11 bits per heavy atom. The molecule has 0 amide bonds. The fourth-order valence-corrected chi connectivity index (χ4v) is 2.72. The Balaban J connectivity index is 1.67. The molecule has 3 rings (SSSR count). The van der Waals surface area contributed by atoms with E-state index >= 15 is 0 Å². The molecule has 5 nitrogen and oxygen atoms in total. The van der Waals surface area contributed by atoms with E-state index in [1.54, 1.807) is 0 Å². The molecule has 3 heterocycles. The third kappa shape index (κ3) is 3.25. The molecule has 1 aliphatic heterocycles. The molecule has 1 unspecified atom stereocenters. The number of rotatable bonds is 3. The van der Waals surface area contributed by atoms with Crippen LogP contribution in [0.4, 0.5) is 0 Å². The van der Waals surface area contributed by atoms with Gasteiger partial charge in [-0.25, -0.2) is 0 Å². The summed E-state index contributed by atoms with van der Waals surface area (Å²) in [5.74, 6) is 2.48. The van der Waals surface area contributed by atoms with Gasteiger partial charge in [0.25, 0.3) is 0 Å². The molecular weight excluding hydrogens is 310 g/mol. The van der Waals surface area contributed by atoms with Gasteiger partial charge in [-0.3, -0.25) is 0 Å². The first-order chi connectivity index (χ1) is 9.31. The molecule has 0 spiro atoms. The number of furan rings is 1. The van der Waals surface area contributed by atoms with Gasteiger partial charge in [0.05, 0.1) is 0 Å². The van der Waals surface area contributed by atoms with Crippen LogP contribution in [0.2, 0.25) is 0 Å². The van der Waals surface area contributed by atoms with Crippen molar-refractivity contribution in [2.75, 3.05) is 13.1 Å². The summed E-state index contributed by atoms with van der Waals surface area (Å²) in [6.45, 7) is 2.20. The van der Waals surface area contributed by atoms with E-state index in [4.69, 9.17) is 8.94 Å². The second-order valence-corrected chi connectivity index (χ2v) is 5.65. The average Bonchev–Trinajstić information content (AvgIpc) is 2.94. The summed E-state index contributed by atoms with van der Waals surface area (Å²) in [5, 5.41) is 7.38. The minimum atomic E-state index is 0.521. The average molecular weight is 326 g/mol. The maximum Gasteiger partial charge on any atom is 0.238 e. The number of aromatic nitrogens is 2. The zero-order chi connectivity index (χ0) is 13.1. The molecule has 0 radical (unpaired) electrons. The van der Waals surface area contributed by atoms with Gasteiger partial charge in [0, 0.05) is 6.42 Å². The lowest BCUT2D eigenvalue weighted by molar-refractivity contribution is 0.341.